The van der Waals surface area contributed by atoms with Gasteiger partial charge in [0.25, 0.3) is 0 Å². The van der Waals surface area contributed by atoms with Crippen LogP contribution in [0.5, 0.6) is 0 Å². The van der Waals surface area contributed by atoms with Crippen LogP contribution in [0.4, 0.5) is 5.69 Å². The van der Waals surface area contributed by atoms with Crippen LogP contribution in [-0.4, -0.2) is 0 Å². The van der Waals surface area contributed by atoms with E-state index in [1.54, 1.807) is 0 Å². The van der Waals surface area contributed by atoms with E-state index in [1.807, 2.05) is 26.0 Å². The van der Waals surface area contributed by atoms with Crippen LogP contribution >= 0.6 is 0 Å². The highest BCUT2D eigenvalue weighted by molar-refractivity contribution is 5.42. The molecule has 1 rings (SSSR count). The minimum Gasteiger partial charge on any atom is -0.399 e. The van der Waals surface area contributed by atoms with Gasteiger partial charge in [0.2, 0.25) is 0 Å². The molecule has 0 aliphatic heterocycles. The van der Waals surface area contributed by atoms with Gasteiger partial charge in [0.15, 0.2) is 0 Å². The smallest absolute Gasteiger partial charge is 0.0319 e. The number of benzene rings is 1. The van der Waals surface area contributed by atoms with Crippen molar-refractivity contribution in [3.63, 3.8) is 0 Å². The first-order valence-corrected chi connectivity index (χ1v) is 2.94. The molecule has 0 spiro atoms. The number of nitrogens with two attached hydrogens (primary N) is 1. The molecule has 47 valence electrons. The van der Waals surface area contributed by atoms with Crippen molar-refractivity contribution < 1.29 is 0 Å². The minimum absolute atomic E-state index is 0.823. The van der Waals surface area contributed by atoms with Crippen LogP contribution in [0.15, 0.2) is 12.1 Å². The summed E-state index contributed by atoms with van der Waals surface area (Å²) < 4.78 is 0. The lowest BCUT2D eigenvalue weighted by Crippen LogP contribution is -1.86. The lowest BCUT2D eigenvalue weighted by atomic mass is 10.1. The first kappa shape index (κ1) is 6.14. The summed E-state index contributed by atoms with van der Waals surface area (Å²) in [4.78, 5) is 0. The van der Waals surface area contributed by atoms with Gasteiger partial charge in [-0.2, -0.15) is 0 Å². The van der Waals surface area contributed by atoms with Crippen molar-refractivity contribution in [3.8, 4) is 0 Å². The maximum atomic E-state index is 5.54. The predicted octanol–water partition coefficient (Wildman–Crippen LogP) is 1.69. The molecule has 0 saturated carbocycles. The second-order valence-electron chi connectivity index (χ2n) is 2.28. The molecule has 0 saturated heterocycles. The molecule has 9 heavy (non-hydrogen) atoms. The van der Waals surface area contributed by atoms with E-state index in [-0.39, 0.29) is 0 Å². The molecular weight excluding hydrogens is 110 g/mol. The van der Waals surface area contributed by atoms with Crippen LogP contribution in [0.25, 0.3) is 0 Å². The van der Waals surface area contributed by atoms with Gasteiger partial charge in [-0.3, -0.25) is 0 Å². The van der Waals surface area contributed by atoms with E-state index in [0.717, 1.165) is 16.8 Å². The lowest BCUT2D eigenvalue weighted by molar-refractivity contribution is 1.37. The summed E-state index contributed by atoms with van der Waals surface area (Å²) in [5.41, 5.74) is 8.57. The van der Waals surface area contributed by atoms with Gasteiger partial charge in [0.05, 0.1) is 0 Å². The van der Waals surface area contributed by atoms with Gasteiger partial charge >= 0.3 is 0 Å². The fourth-order valence-electron chi connectivity index (χ4n) is 0.925. The molecule has 1 radical (unpaired) electrons. The summed E-state index contributed by atoms with van der Waals surface area (Å²) in [7, 11) is 0. The van der Waals surface area contributed by atoms with Crippen LogP contribution in [0.3, 0.4) is 0 Å². The Bertz CT molecular complexity index is 165. The van der Waals surface area contributed by atoms with Crippen LogP contribution < -0.4 is 5.73 Å². The van der Waals surface area contributed by atoms with Gasteiger partial charge in [0, 0.05) is 5.69 Å². The molecular formula is C8H10N. The molecule has 1 aromatic carbocycles. The summed E-state index contributed by atoms with van der Waals surface area (Å²) in [5.74, 6) is 0. The van der Waals surface area contributed by atoms with Crippen molar-refractivity contribution in [2.45, 2.75) is 13.8 Å². The minimum atomic E-state index is 0.823. The number of hydrogen-bond acceptors (Lipinski definition) is 1. The summed E-state index contributed by atoms with van der Waals surface area (Å²) >= 11 is 0. The molecule has 0 aromatic heterocycles. The van der Waals surface area contributed by atoms with Crippen LogP contribution in [0.2, 0.25) is 0 Å². The van der Waals surface area contributed by atoms with Crippen LogP contribution in [-0.2, 0) is 0 Å². The van der Waals surface area contributed by atoms with E-state index < -0.39 is 0 Å². The SMILES string of the molecule is Cc1[c]c(C)cc(N)c1. The Labute approximate surface area is 55.5 Å². The normalized spacial score (nSPS) is 9.56. The zero-order chi connectivity index (χ0) is 6.85. The maximum absolute atomic E-state index is 5.54. The van der Waals surface area contributed by atoms with E-state index >= 15 is 0 Å². The third kappa shape index (κ3) is 1.46. The standard InChI is InChI=1S/C8H10N/c1-6-3-7(2)5-8(9)4-6/h4-5H,9H2,1-2H3. The van der Waals surface area contributed by atoms with E-state index in [2.05, 4.69) is 6.07 Å². The Morgan fingerprint density at radius 1 is 1.22 bits per heavy atom. The quantitative estimate of drug-likeness (QED) is 0.518. The molecule has 1 aromatic rings. The maximum Gasteiger partial charge on any atom is 0.0319 e. The fourth-order valence-corrected chi connectivity index (χ4v) is 0.925. The molecule has 1 nitrogen and oxygen atoms in total. The van der Waals surface area contributed by atoms with Crippen molar-refractivity contribution in [2.75, 3.05) is 5.73 Å². The molecule has 0 aliphatic rings. The van der Waals surface area contributed by atoms with Crippen molar-refractivity contribution >= 4 is 5.69 Å². The van der Waals surface area contributed by atoms with Crippen molar-refractivity contribution in [1.29, 1.82) is 0 Å². The summed E-state index contributed by atoms with van der Waals surface area (Å²) in [6.45, 7) is 3.98. The van der Waals surface area contributed by atoms with Crippen molar-refractivity contribution in [3.05, 3.63) is 29.3 Å². The number of rotatable bonds is 0. The first-order chi connectivity index (χ1) is 4.18. The highest BCUT2D eigenvalue weighted by Gasteiger charge is 1.88. The second kappa shape index (κ2) is 2.09. The van der Waals surface area contributed by atoms with E-state index in [0.29, 0.717) is 0 Å². The fraction of sp³-hybridized carbons (Fsp3) is 0.250. The van der Waals surface area contributed by atoms with Gasteiger partial charge < -0.3 is 5.73 Å². The van der Waals surface area contributed by atoms with Crippen molar-refractivity contribution in [2.24, 2.45) is 0 Å². The lowest BCUT2D eigenvalue weighted by Gasteiger charge is -1.96. The molecule has 0 unspecified atom stereocenters. The monoisotopic (exact) mass is 120 g/mol. The predicted molar refractivity (Wildman–Crippen MR) is 39.2 cm³/mol. The highest BCUT2D eigenvalue weighted by Crippen LogP contribution is 2.08. The molecule has 0 heterocycles. The molecule has 0 aliphatic carbocycles. The molecule has 0 bridgehead atoms. The summed E-state index contributed by atoms with van der Waals surface area (Å²) in [6.07, 6.45) is 0. The van der Waals surface area contributed by atoms with Gasteiger partial charge in [0.1, 0.15) is 0 Å². The average Bonchev–Trinajstić information content (AvgIpc) is 1.59. The Balaban J connectivity index is 3.17. The Morgan fingerprint density at radius 2 is 1.67 bits per heavy atom. The topological polar surface area (TPSA) is 26.0 Å². The zero-order valence-electron chi connectivity index (χ0n) is 5.73. The van der Waals surface area contributed by atoms with E-state index in [1.165, 1.54) is 0 Å². The Morgan fingerprint density at radius 3 is 2.00 bits per heavy atom. The van der Waals surface area contributed by atoms with E-state index in [4.69, 9.17) is 5.73 Å². The molecule has 0 amide bonds. The Hall–Kier alpha value is -0.980. The third-order valence-corrected chi connectivity index (χ3v) is 1.16. The third-order valence-electron chi connectivity index (χ3n) is 1.16. The van der Waals surface area contributed by atoms with E-state index in [9.17, 15) is 0 Å². The summed E-state index contributed by atoms with van der Waals surface area (Å²) in [5, 5.41) is 0. The average molecular weight is 120 g/mol. The number of hydrogen-bond donors (Lipinski definition) is 1. The van der Waals surface area contributed by atoms with Crippen LogP contribution in [0.1, 0.15) is 11.1 Å². The van der Waals surface area contributed by atoms with Crippen LogP contribution in [0, 0.1) is 19.9 Å². The zero-order valence-corrected chi connectivity index (χ0v) is 5.73. The van der Waals surface area contributed by atoms with Crippen molar-refractivity contribution in [1.82, 2.24) is 0 Å². The van der Waals surface area contributed by atoms with Gasteiger partial charge in [-0.05, 0) is 43.2 Å². The van der Waals surface area contributed by atoms with Gasteiger partial charge in [-0.25, -0.2) is 0 Å². The van der Waals surface area contributed by atoms with Gasteiger partial charge in [-0.15, -0.1) is 0 Å². The number of aryl methyl sites for hydroxylation is 2. The summed E-state index contributed by atoms with van der Waals surface area (Å²) in [6, 6.07) is 6.95. The largest absolute Gasteiger partial charge is 0.399 e. The number of anilines is 1. The molecule has 0 atom stereocenters. The molecule has 0 fully saturated rings. The molecule has 1 heteroatoms. The molecule has 2 N–H and O–H groups in total. The first-order valence-electron chi connectivity index (χ1n) is 2.94. The number of nitrogen functional groups attached to an aromatic ring is 1. The van der Waals surface area contributed by atoms with Gasteiger partial charge in [-0.1, -0.05) is 0 Å². The highest BCUT2D eigenvalue weighted by atomic mass is 14.5. The second-order valence-corrected chi connectivity index (χ2v) is 2.28. The Kier molecular flexibility index (Phi) is 1.43.